The van der Waals surface area contributed by atoms with Crippen LogP contribution in [-0.4, -0.2) is 51.7 Å². The van der Waals surface area contributed by atoms with Gasteiger partial charge in [0.05, 0.1) is 13.1 Å². The Kier molecular flexibility index (Phi) is 13.2. The van der Waals surface area contributed by atoms with Gasteiger partial charge in [-0.3, -0.25) is 9.98 Å². The number of rotatable bonds is 12. The third kappa shape index (κ3) is 11.0. The van der Waals surface area contributed by atoms with E-state index in [0.717, 1.165) is 56.8 Å². The second kappa shape index (κ2) is 15.5. The number of nitrogens with zero attached hydrogens (tertiary/aromatic N) is 2. The number of benzene rings is 2. The average Bonchev–Trinajstić information content (AvgIpc) is 2.67. The molecule has 0 atom stereocenters. The van der Waals surface area contributed by atoms with Crippen molar-refractivity contribution in [3.8, 4) is 0 Å². The summed E-state index contributed by atoms with van der Waals surface area (Å²) < 4.78 is 0. The van der Waals surface area contributed by atoms with Gasteiger partial charge in [0.25, 0.3) is 0 Å². The molecule has 0 bridgehead atoms. The summed E-state index contributed by atoms with van der Waals surface area (Å²) in [5, 5.41) is 6.82. The van der Waals surface area contributed by atoms with Crippen molar-refractivity contribution < 1.29 is 17.1 Å². The van der Waals surface area contributed by atoms with E-state index in [4.69, 9.17) is 0 Å². The zero-order chi connectivity index (χ0) is 17.4. The maximum atomic E-state index is 4.42. The van der Waals surface area contributed by atoms with Crippen molar-refractivity contribution in [3.05, 3.63) is 71.8 Å². The quantitative estimate of drug-likeness (QED) is 0.327. The van der Waals surface area contributed by atoms with Crippen molar-refractivity contribution >= 4 is 12.4 Å². The number of hydrogen-bond donors (Lipinski definition) is 2. The van der Waals surface area contributed by atoms with Crippen LogP contribution in [0.15, 0.2) is 70.6 Å². The van der Waals surface area contributed by atoms with Gasteiger partial charge in [0.1, 0.15) is 0 Å². The zero-order valence-electron chi connectivity index (χ0n) is 15.1. The van der Waals surface area contributed by atoms with Crippen molar-refractivity contribution in [1.29, 1.82) is 0 Å². The molecule has 0 aliphatic rings. The molecular weight excluding hydrogens is 372 g/mol. The standard InChI is InChI=1S/C21H28N4.Cu/c1-3-8-20(9-4-1)18-24-16-14-22-12-7-13-23-15-17-25-19-21-10-5-2-6-11-21;/h1-6,8-11,18-19,22-23H,7,12-17H2;/q;+1. The summed E-state index contributed by atoms with van der Waals surface area (Å²) in [5.74, 6) is 0. The molecule has 0 heterocycles. The molecule has 0 aromatic heterocycles. The Hall–Kier alpha value is -1.78. The first-order valence-corrected chi connectivity index (χ1v) is 8.96. The van der Waals surface area contributed by atoms with Crippen LogP contribution in [0.1, 0.15) is 17.5 Å². The molecular formula is C21H28CuN4+. The third-order valence-corrected chi connectivity index (χ3v) is 3.62. The van der Waals surface area contributed by atoms with E-state index in [0.29, 0.717) is 0 Å². The molecule has 0 aliphatic carbocycles. The fourth-order valence-corrected chi connectivity index (χ4v) is 2.29. The largest absolute Gasteiger partial charge is 1.00 e. The molecule has 26 heavy (non-hydrogen) atoms. The molecule has 0 fully saturated rings. The van der Waals surface area contributed by atoms with E-state index >= 15 is 0 Å². The first-order chi connectivity index (χ1) is 12.4. The summed E-state index contributed by atoms with van der Waals surface area (Å²) in [6.07, 6.45) is 4.98. The minimum absolute atomic E-state index is 0. The van der Waals surface area contributed by atoms with Crippen LogP contribution in [0.2, 0.25) is 0 Å². The fraction of sp³-hybridized carbons (Fsp3) is 0.333. The SMILES string of the molecule is C(=NCCNCCCNCCN=Cc1ccccc1)c1ccccc1.[Cu+]. The molecule has 4 nitrogen and oxygen atoms in total. The van der Waals surface area contributed by atoms with Crippen LogP contribution in [0.3, 0.4) is 0 Å². The molecule has 0 saturated carbocycles. The maximum Gasteiger partial charge on any atom is 1.00 e. The molecule has 0 radical (unpaired) electrons. The Morgan fingerprint density at radius 3 is 1.46 bits per heavy atom. The normalized spacial score (nSPS) is 11.1. The van der Waals surface area contributed by atoms with Crippen LogP contribution in [0.25, 0.3) is 0 Å². The van der Waals surface area contributed by atoms with Gasteiger partial charge in [-0.25, -0.2) is 0 Å². The van der Waals surface area contributed by atoms with E-state index in [1.54, 1.807) is 0 Å². The van der Waals surface area contributed by atoms with E-state index < -0.39 is 0 Å². The summed E-state index contributed by atoms with van der Waals surface area (Å²) in [7, 11) is 0. The van der Waals surface area contributed by atoms with Crippen molar-refractivity contribution in [2.24, 2.45) is 9.98 Å². The molecule has 0 spiro atoms. The molecule has 142 valence electrons. The van der Waals surface area contributed by atoms with E-state index in [1.165, 1.54) is 0 Å². The molecule has 0 unspecified atom stereocenters. The summed E-state index contributed by atoms with van der Waals surface area (Å²) in [6, 6.07) is 20.4. The minimum atomic E-state index is 0. The van der Waals surface area contributed by atoms with Gasteiger partial charge in [0.2, 0.25) is 0 Å². The van der Waals surface area contributed by atoms with Gasteiger partial charge in [0, 0.05) is 25.5 Å². The van der Waals surface area contributed by atoms with Gasteiger partial charge >= 0.3 is 17.1 Å². The maximum absolute atomic E-state index is 4.42. The Labute approximate surface area is 167 Å². The Bertz CT molecular complexity index is 559. The predicted octanol–water partition coefficient (Wildman–Crippen LogP) is 2.79. The first-order valence-electron chi connectivity index (χ1n) is 8.96. The summed E-state index contributed by atoms with van der Waals surface area (Å²) in [4.78, 5) is 8.83. The van der Waals surface area contributed by atoms with Crippen LogP contribution >= 0.6 is 0 Å². The Morgan fingerprint density at radius 2 is 1.04 bits per heavy atom. The van der Waals surface area contributed by atoms with Gasteiger partial charge in [-0.2, -0.15) is 0 Å². The number of hydrogen-bond acceptors (Lipinski definition) is 4. The summed E-state index contributed by atoms with van der Waals surface area (Å²) in [6.45, 7) is 5.50. The Morgan fingerprint density at radius 1 is 0.615 bits per heavy atom. The minimum Gasteiger partial charge on any atom is -0.315 e. The van der Waals surface area contributed by atoms with Gasteiger partial charge in [0.15, 0.2) is 0 Å². The molecule has 5 heteroatoms. The topological polar surface area (TPSA) is 48.8 Å². The van der Waals surface area contributed by atoms with Gasteiger partial charge in [-0.15, -0.1) is 0 Å². The number of nitrogens with one attached hydrogen (secondary N) is 2. The average molecular weight is 400 g/mol. The Balaban J connectivity index is 0.00000338. The first kappa shape index (κ1) is 22.3. The van der Waals surface area contributed by atoms with Crippen LogP contribution in [-0.2, 0) is 17.1 Å². The van der Waals surface area contributed by atoms with Crippen LogP contribution in [0.4, 0.5) is 0 Å². The summed E-state index contributed by atoms with van der Waals surface area (Å²) in [5.41, 5.74) is 2.31. The molecule has 2 aromatic rings. The zero-order valence-corrected chi connectivity index (χ0v) is 16.0. The van der Waals surface area contributed by atoms with Crippen LogP contribution in [0.5, 0.6) is 0 Å². The summed E-state index contributed by atoms with van der Waals surface area (Å²) >= 11 is 0. The van der Waals surface area contributed by atoms with Gasteiger partial charge in [-0.1, -0.05) is 60.7 Å². The van der Waals surface area contributed by atoms with Crippen molar-refractivity contribution in [2.45, 2.75) is 6.42 Å². The van der Waals surface area contributed by atoms with Crippen LogP contribution < -0.4 is 10.6 Å². The molecule has 0 aliphatic heterocycles. The van der Waals surface area contributed by atoms with Crippen LogP contribution in [0, 0.1) is 0 Å². The molecule has 0 saturated heterocycles. The van der Waals surface area contributed by atoms with E-state index in [1.807, 2.05) is 48.8 Å². The second-order valence-electron chi connectivity index (χ2n) is 5.75. The van der Waals surface area contributed by atoms with Crippen molar-refractivity contribution in [3.63, 3.8) is 0 Å². The van der Waals surface area contributed by atoms with Crippen molar-refractivity contribution in [1.82, 2.24) is 10.6 Å². The van der Waals surface area contributed by atoms with E-state index in [-0.39, 0.29) is 17.1 Å². The molecule has 0 amide bonds. The molecule has 2 N–H and O–H groups in total. The van der Waals surface area contributed by atoms with Gasteiger partial charge in [-0.05, 0) is 30.6 Å². The third-order valence-electron chi connectivity index (χ3n) is 3.62. The predicted molar refractivity (Wildman–Crippen MR) is 108 cm³/mol. The van der Waals surface area contributed by atoms with E-state index in [9.17, 15) is 0 Å². The second-order valence-corrected chi connectivity index (χ2v) is 5.75. The molecule has 2 aromatic carbocycles. The fourth-order valence-electron chi connectivity index (χ4n) is 2.29. The molecule has 2 rings (SSSR count). The number of aliphatic imine (C=N–C) groups is 2. The van der Waals surface area contributed by atoms with Gasteiger partial charge < -0.3 is 10.6 Å². The van der Waals surface area contributed by atoms with E-state index in [2.05, 4.69) is 44.9 Å². The van der Waals surface area contributed by atoms with Crippen molar-refractivity contribution in [2.75, 3.05) is 39.3 Å². The smallest absolute Gasteiger partial charge is 0.315 e. The monoisotopic (exact) mass is 399 g/mol.